The Kier molecular flexibility index (Phi) is 2.33. The number of hydrogen-bond donors (Lipinski definition) is 0. The molecule has 1 atom stereocenters. The lowest BCUT2D eigenvalue weighted by Crippen LogP contribution is -2.41. The second-order valence-corrected chi connectivity index (χ2v) is 5.12. The molecule has 2 heterocycles. The van der Waals surface area contributed by atoms with Gasteiger partial charge in [-0.3, -0.25) is 9.98 Å². The smallest absolute Gasteiger partial charge is 0.125 e. The number of fused-ring (bicyclic) bond motifs is 1. The fourth-order valence-electron chi connectivity index (χ4n) is 2.06. The highest BCUT2D eigenvalue weighted by Crippen LogP contribution is 2.27. The summed E-state index contributed by atoms with van der Waals surface area (Å²) >= 11 is 0. The van der Waals surface area contributed by atoms with Crippen molar-refractivity contribution in [1.82, 2.24) is 4.90 Å². The normalized spacial score (nSPS) is 27.2. The molecule has 2 rings (SSSR count). The molecule has 3 heteroatoms. The van der Waals surface area contributed by atoms with Crippen molar-refractivity contribution in [3.05, 3.63) is 0 Å². The van der Waals surface area contributed by atoms with E-state index in [-0.39, 0.29) is 11.5 Å². The van der Waals surface area contributed by atoms with Crippen molar-refractivity contribution < 1.29 is 0 Å². The summed E-state index contributed by atoms with van der Waals surface area (Å²) in [7, 11) is 0. The number of aliphatic imine (C=N–C) groups is 2. The van der Waals surface area contributed by atoms with E-state index < -0.39 is 0 Å². The molecule has 0 N–H and O–H groups in total. The van der Waals surface area contributed by atoms with Crippen LogP contribution in [0.5, 0.6) is 0 Å². The predicted molar refractivity (Wildman–Crippen MR) is 60.2 cm³/mol. The first-order valence-electron chi connectivity index (χ1n) is 5.40. The summed E-state index contributed by atoms with van der Waals surface area (Å²) in [6, 6.07) is 0.257. The summed E-state index contributed by atoms with van der Waals surface area (Å²) < 4.78 is 0. The van der Waals surface area contributed by atoms with Crippen LogP contribution in [0, 0.1) is 5.41 Å². The second-order valence-electron chi connectivity index (χ2n) is 5.12. The summed E-state index contributed by atoms with van der Waals surface area (Å²) in [5.74, 6) is 1.21. The maximum absolute atomic E-state index is 4.64. The van der Waals surface area contributed by atoms with Crippen molar-refractivity contribution in [1.29, 1.82) is 0 Å². The van der Waals surface area contributed by atoms with Crippen LogP contribution in [0.25, 0.3) is 0 Å². The molecule has 0 spiro atoms. The van der Waals surface area contributed by atoms with Crippen molar-refractivity contribution in [3.63, 3.8) is 0 Å². The highest BCUT2D eigenvalue weighted by atomic mass is 15.3. The molecule has 78 valence electrons. The fraction of sp³-hybridized carbons (Fsp3) is 0.818. The first-order valence-corrected chi connectivity index (χ1v) is 5.40. The quantitative estimate of drug-likeness (QED) is 0.574. The molecule has 2 aliphatic heterocycles. The topological polar surface area (TPSA) is 28.0 Å². The Hall–Kier alpha value is -0.860. The maximum Gasteiger partial charge on any atom is 0.125 e. The molecule has 0 amide bonds. The number of nitrogens with zero attached hydrogens (tertiary/aromatic N) is 3. The van der Waals surface area contributed by atoms with Gasteiger partial charge in [0.05, 0.1) is 6.54 Å². The number of amidine groups is 1. The largest absolute Gasteiger partial charge is 0.356 e. The van der Waals surface area contributed by atoms with Crippen LogP contribution in [0.4, 0.5) is 0 Å². The second kappa shape index (κ2) is 3.37. The first-order chi connectivity index (χ1) is 6.59. The van der Waals surface area contributed by atoms with Crippen LogP contribution < -0.4 is 0 Å². The molecule has 0 aromatic heterocycles. The number of hydrogen-bond acceptors (Lipinski definition) is 3. The van der Waals surface area contributed by atoms with Crippen molar-refractivity contribution in [3.8, 4) is 0 Å². The lowest BCUT2D eigenvalue weighted by atomic mass is 9.86. The van der Waals surface area contributed by atoms with Crippen molar-refractivity contribution >= 4 is 12.1 Å². The third-order valence-electron chi connectivity index (χ3n) is 2.82. The molecule has 0 aliphatic carbocycles. The molecule has 1 unspecified atom stereocenters. The Morgan fingerprint density at radius 1 is 1.36 bits per heavy atom. The first kappa shape index (κ1) is 9.69. The van der Waals surface area contributed by atoms with E-state index in [1.54, 1.807) is 0 Å². The highest BCUT2D eigenvalue weighted by molar-refractivity contribution is 5.91. The molecule has 0 aromatic rings. The summed E-state index contributed by atoms with van der Waals surface area (Å²) in [5.41, 5.74) is 0.183. The minimum Gasteiger partial charge on any atom is -0.356 e. The van der Waals surface area contributed by atoms with Crippen molar-refractivity contribution in [2.75, 3.05) is 19.6 Å². The van der Waals surface area contributed by atoms with Gasteiger partial charge in [-0.05, 0) is 11.8 Å². The Labute approximate surface area is 85.9 Å². The van der Waals surface area contributed by atoms with Gasteiger partial charge in [-0.1, -0.05) is 20.8 Å². The SMILES string of the molecule is CC(C)(C)C1N=CCCN2CCN=C12. The van der Waals surface area contributed by atoms with Gasteiger partial charge < -0.3 is 4.90 Å². The average molecular weight is 193 g/mol. The third-order valence-corrected chi connectivity index (χ3v) is 2.82. The van der Waals surface area contributed by atoms with E-state index in [0.717, 1.165) is 26.1 Å². The predicted octanol–water partition coefficient (Wildman–Crippen LogP) is 1.59. The van der Waals surface area contributed by atoms with E-state index in [1.807, 2.05) is 0 Å². The van der Waals surface area contributed by atoms with Crippen LogP contribution in [0.3, 0.4) is 0 Å². The van der Waals surface area contributed by atoms with Crippen LogP contribution in [-0.2, 0) is 0 Å². The monoisotopic (exact) mass is 193 g/mol. The van der Waals surface area contributed by atoms with Crippen molar-refractivity contribution in [2.24, 2.45) is 15.4 Å². The summed E-state index contributed by atoms with van der Waals surface area (Å²) in [6.07, 6.45) is 3.13. The van der Waals surface area contributed by atoms with E-state index in [0.29, 0.717) is 0 Å². The van der Waals surface area contributed by atoms with Crippen LogP contribution in [0.1, 0.15) is 27.2 Å². The summed E-state index contributed by atoms with van der Waals surface area (Å²) in [4.78, 5) is 11.6. The lowest BCUT2D eigenvalue weighted by Gasteiger charge is -2.30. The summed E-state index contributed by atoms with van der Waals surface area (Å²) in [6.45, 7) is 9.84. The van der Waals surface area contributed by atoms with Gasteiger partial charge >= 0.3 is 0 Å². The fourth-order valence-corrected chi connectivity index (χ4v) is 2.06. The Balaban J connectivity index is 2.28. The molecule has 0 aromatic carbocycles. The minimum atomic E-state index is 0.183. The van der Waals surface area contributed by atoms with Gasteiger partial charge in [0.15, 0.2) is 0 Å². The Bertz CT molecular complexity index is 273. The van der Waals surface area contributed by atoms with Gasteiger partial charge in [-0.25, -0.2) is 0 Å². The van der Waals surface area contributed by atoms with Crippen LogP contribution >= 0.6 is 0 Å². The van der Waals surface area contributed by atoms with Crippen LogP contribution in [-0.4, -0.2) is 42.6 Å². The Morgan fingerprint density at radius 3 is 2.86 bits per heavy atom. The number of rotatable bonds is 0. The van der Waals surface area contributed by atoms with E-state index >= 15 is 0 Å². The van der Waals surface area contributed by atoms with E-state index in [2.05, 4.69) is 41.9 Å². The molecule has 0 fully saturated rings. The van der Waals surface area contributed by atoms with E-state index in [1.165, 1.54) is 5.84 Å². The highest BCUT2D eigenvalue weighted by Gasteiger charge is 2.34. The molecular weight excluding hydrogens is 174 g/mol. The molecule has 0 radical (unpaired) electrons. The van der Waals surface area contributed by atoms with Crippen molar-refractivity contribution in [2.45, 2.75) is 33.2 Å². The zero-order valence-corrected chi connectivity index (χ0v) is 9.32. The maximum atomic E-state index is 4.64. The molecule has 0 bridgehead atoms. The zero-order valence-electron chi connectivity index (χ0n) is 9.32. The molecule has 0 saturated heterocycles. The summed E-state index contributed by atoms with van der Waals surface area (Å²) in [5, 5.41) is 0. The van der Waals surface area contributed by atoms with Crippen LogP contribution in [0.15, 0.2) is 9.98 Å². The van der Waals surface area contributed by atoms with E-state index in [9.17, 15) is 0 Å². The molecule has 0 saturated carbocycles. The van der Waals surface area contributed by atoms with Gasteiger partial charge in [0.2, 0.25) is 0 Å². The van der Waals surface area contributed by atoms with Gasteiger partial charge in [-0.15, -0.1) is 0 Å². The molecule has 2 aliphatic rings. The van der Waals surface area contributed by atoms with Gasteiger partial charge in [0.1, 0.15) is 11.9 Å². The van der Waals surface area contributed by atoms with E-state index in [4.69, 9.17) is 0 Å². The van der Waals surface area contributed by atoms with Gasteiger partial charge in [-0.2, -0.15) is 0 Å². The average Bonchev–Trinajstić information content (AvgIpc) is 2.42. The molecule has 3 nitrogen and oxygen atoms in total. The van der Waals surface area contributed by atoms with Gasteiger partial charge in [0.25, 0.3) is 0 Å². The Morgan fingerprint density at radius 2 is 2.14 bits per heavy atom. The standard InChI is InChI=1S/C11H19N3/c1-11(2,3)9-10-13-6-8-14(10)7-4-5-12-9/h5,9H,4,6-8H2,1-3H3. The minimum absolute atomic E-state index is 0.183. The zero-order chi connectivity index (χ0) is 10.2. The third kappa shape index (κ3) is 1.68. The lowest BCUT2D eigenvalue weighted by molar-refractivity contribution is 0.358. The van der Waals surface area contributed by atoms with Gasteiger partial charge in [0, 0.05) is 19.3 Å². The van der Waals surface area contributed by atoms with Crippen LogP contribution in [0.2, 0.25) is 0 Å². The molecular formula is C11H19N3. The molecule has 14 heavy (non-hydrogen) atoms.